The highest BCUT2D eigenvalue weighted by Crippen LogP contribution is 2.36. The summed E-state index contributed by atoms with van der Waals surface area (Å²) in [6, 6.07) is 19.0. The van der Waals surface area contributed by atoms with Gasteiger partial charge in [0, 0.05) is 0 Å². The number of carbonyl (C=O) groups is 1. The van der Waals surface area contributed by atoms with Gasteiger partial charge in [0.15, 0.2) is 0 Å². The third-order valence-corrected chi connectivity index (χ3v) is 6.35. The fourth-order valence-electron chi connectivity index (χ4n) is 4.16. The van der Waals surface area contributed by atoms with E-state index in [0.717, 1.165) is 12.8 Å². The van der Waals surface area contributed by atoms with E-state index in [-0.39, 0.29) is 0 Å². The Labute approximate surface area is 167 Å². The largest absolute Gasteiger partial charge is 0.388 e. The van der Waals surface area contributed by atoms with Crippen LogP contribution in [0, 0.1) is 0 Å². The molecule has 1 saturated heterocycles. The molecule has 0 bridgehead atoms. The molecule has 1 heterocycles. The number of nitrogens with zero attached hydrogens (tertiary/aromatic N) is 1. The Morgan fingerprint density at radius 2 is 1.50 bits per heavy atom. The van der Waals surface area contributed by atoms with E-state index in [1.165, 1.54) is 16.7 Å². The van der Waals surface area contributed by atoms with Crippen molar-refractivity contribution < 1.29 is 15.1 Å². The minimum atomic E-state index is -1.29. The lowest BCUT2D eigenvalue weighted by Crippen LogP contribution is -2.68. The normalized spacial score (nSPS) is 18.5. The van der Waals surface area contributed by atoms with Crippen molar-refractivity contribution in [2.24, 2.45) is 0 Å². The molecule has 1 aliphatic heterocycles. The lowest BCUT2D eigenvalue weighted by Gasteiger charge is -2.49. The smallest absolute Gasteiger partial charge is 0.266 e. The van der Waals surface area contributed by atoms with Crippen molar-refractivity contribution in [3.8, 4) is 11.1 Å². The number of hydrogen-bond acceptors (Lipinski definition) is 4. The van der Waals surface area contributed by atoms with Gasteiger partial charge in [-0.05, 0) is 69.3 Å². The molecule has 1 fully saturated rings. The van der Waals surface area contributed by atoms with Crippen LogP contribution >= 0.6 is 0 Å². The maximum Gasteiger partial charge on any atom is 0.266 e. The van der Waals surface area contributed by atoms with E-state index in [1.807, 2.05) is 23.1 Å². The van der Waals surface area contributed by atoms with Crippen molar-refractivity contribution in [3.63, 3.8) is 0 Å². The molecule has 2 aromatic carbocycles. The van der Waals surface area contributed by atoms with Crippen molar-refractivity contribution in [1.29, 1.82) is 0 Å². The first-order valence-electron chi connectivity index (χ1n) is 9.84. The number of nitrogens with one attached hydrogen (secondary N) is 1. The third kappa shape index (κ3) is 3.83. The predicted molar refractivity (Wildman–Crippen MR) is 110 cm³/mol. The molecule has 0 radical (unpaired) electrons. The summed E-state index contributed by atoms with van der Waals surface area (Å²) in [5, 5.41) is 19.8. The van der Waals surface area contributed by atoms with Gasteiger partial charge in [-0.3, -0.25) is 14.9 Å². The second kappa shape index (κ2) is 8.03. The summed E-state index contributed by atoms with van der Waals surface area (Å²) >= 11 is 0. The van der Waals surface area contributed by atoms with Crippen LogP contribution < -0.4 is 5.48 Å². The van der Waals surface area contributed by atoms with Crippen LogP contribution in [0.5, 0.6) is 0 Å². The zero-order valence-electron chi connectivity index (χ0n) is 16.9. The summed E-state index contributed by atoms with van der Waals surface area (Å²) in [5.74, 6) is -0.157. The summed E-state index contributed by atoms with van der Waals surface area (Å²) in [6.07, 6.45) is 1.80. The first-order valence-corrected chi connectivity index (χ1v) is 9.84. The Kier molecular flexibility index (Phi) is 5.89. The van der Waals surface area contributed by atoms with Gasteiger partial charge in [-0.25, -0.2) is 5.48 Å². The van der Waals surface area contributed by atoms with Gasteiger partial charge in [0.25, 0.3) is 5.91 Å². The number of carbonyl (C=O) groups excluding carboxylic acids is 1. The van der Waals surface area contributed by atoms with E-state index >= 15 is 0 Å². The van der Waals surface area contributed by atoms with Crippen LogP contribution in [0.3, 0.4) is 0 Å². The highest BCUT2D eigenvalue weighted by Gasteiger charge is 2.51. The van der Waals surface area contributed by atoms with Gasteiger partial charge in [-0.2, -0.15) is 0 Å². The van der Waals surface area contributed by atoms with Crippen LogP contribution in [0.1, 0.15) is 45.1 Å². The highest BCUT2D eigenvalue weighted by molar-refractivity contribution is 5.86. The van der Waals surface area contributed by atoms with Crippen LogP contribution in [-0.2, 0) is 4.79 Å². The molecular weight excluding hydrogens is 352 g/mol. The second-order valence-corrected chi connectivity index (χ2v) is 8.32. The second-order valence-electron chi connectivity index (χ2n) is 8.32. The summed E-state index contributed by atoms with van der Waals surface area (Å²) in [4.78, 5) is 14.3. The molecule has 0 aliphatic carbocycles. The van der Waals surface area contributed by atoms with Crippen LogP contribution in [0.15, 0.2) is 54.6 Å². The Hall–Kier alpha value is -2.21. The fraction of sp³-hybridized carbons (Fsp3) is 0.435. The number of likely N-dealkylation sites (tertiary alicyclic amines) is 1. The topological polar surface area (TPSA) is 72.8 Å². The standard InChI is InChI=1S/C23H30N2O3/c1-22(2,27)23(3,21(26)24-28)25-15-13-20(14-16-25)19-11-9-18(10-12-19)17-7-5-4-6-8-17/h4-12,20,27-28H,13-16H2,1-3H3,(H,24,26). The summed E-state index contributed by atoms with van der Waals surface area (Å²) in [6.45, 7) is 6.26. The minimum Gasteiger partial charge on any atom is -0.388 e. The van der Waals surface area contributed by atoms with Gasteiger partial charge in [-0.1, -0.05) is 54.6 Å². The van der Waals surface area contributed by atoms with Crippen LogP contribution in [-0.4, -0.2) is 45.4 Å². The molecule has 28 heavy (non-hydrogen) atoms. The van der Waals surface area contributed by atoms with Crippen LogP contribution in [0.4, 0.5) is 0 Å². The zero-order valence-corrected chi connectivity index (χ0v) is 16.9. The summed E-state index contributed by atoms with van der Waals surface area (Å²) in [5.41, 5.74) is 2.97. The number of piperidine rings is 1. The molecule has 0 spiro atoms. The molecule has 2 aromatic rings. The molecule has 0 aromatic heterocycles. The minimum absolute atomic E-state index is 0.421. The van der Waals surface area contributed by atoms with E-state index in [1.54, 1.807) is 26.3 Å². The van der Waals surface area contributed by atoms with Crippen molar-refractivity contribution in [2.75, 3.05) is 13.1 Å². The van der Waals surface area contributed by atoms with Crippen molar-refractivity contribution >= 4 is 5.91 Å². The number of hydrogen-bond donors (Lipinski definition) is 3. The quantitative estimate of drug-likeness (QED) is 0.546. The molecule has 1 amide bonds. The fourth-order valence-corrected chi connectivity index (χ4v) is 4.16. The molecule has 5 nitrogen and oxygen atoms in total. The first kappa shape index (κ1) is 20.5. The van der Waals surface area contributed by atoms with E-state index in [9.17, 15) is 15.1 Å². The van der Waals surface area contributed by atoms with E-state index < -0.39 is 17.0 Å². The van der Waals surface area contributed by atoms with Crippen LogP contribution in [0.2, 0.25) is 0 Å². The molecule has 150 valence electrons. The number of hydroxylamine groups is 1. The zero-order chi connectivity index (χ0) is 20.4. The van der Waals surface area contributed by atoms with Gasteiger partial charge in [0.05, 0.1) is 5.60 Å². The number of rotatable bonds is 5. The lowest BCUT2D eigenvalue weighted by molar-refractivity contribution is -0.160. The average molecular weight is 383 g/mol. The van der Waals surface area contributed by atoms with Crippen molar-refractivity contribution in [1.82, 2.24) is 10.4 Å². The Balaban J connectivity index is 1.70. The monoisotopic (exact) mass is 382 g/mol. The molecule has 5 heteroatoms. The maximum absolute atomic E-state index is 12.3. The lowest BCUT2D eigenvalue weighted by atomic mass is 9.78. The van der Waals surface area contributed by atoms with Gasteiger partial charge >= 0.3 is 0 Å². The van der Waals surface area contributed by atoms with E-state index in [0.29, 0.717) is 19.0 Å². The van der Waals surface area contributed by atoms with Gasteiger partial charge in [-0.15, -0.1) is 0 Å². The number of amides is 1. The maximum atomic E-state index is 12.3. The van der Waals surface area contributed by atoms with E-state index in [4.69, 9.17) is 0 Å². The highest BCUT2D eigenvalue weighted by atomic mass is 16.5. The molecule has 1 atom stereocenters. The Morgan fingerprint density at radius 1 is 0.964 bits per heavy atom. The number of aliphatic hydroxyl groups is 1. The Bertz CT molecular complexity index is 791. The van der Waals surface area contributed by atoms with Gasteiger partial charge < -0.3 is 5.11 Å². The predicted octanol–water partition coefficient (Wildman–Crippen LogP) is 3.57. The summed E-state index contributed by atoms with van der Waals surface area (Å²) in [7, 11) is 0. The summed E-state index contributed by atoms with van der Waals surface area (Å²) < 4.78 is 0. The van der Waals surface area contributed by atoms with E-state index in [2.05, 4.69) is 36.4 Å². The molecule has 0 saturated carbocycles. The molecule has 3 N–H and O–H groups in total. The van der Waals surface area contributed by atoms with Crippen molar-refractivity contribution in [3.05, 3.63) is 60.2 Å². The first-order chi connectivity index (χ1) is 13.3. The third-order valence-electron chi connectivity index (χ3n) is 6.35. The van der Waals surface area contributed by atoms with Gasteiger partial charge in [0.1, 0.15) is 5.54 Å². The molecule has 1 unspecified atom stereocenters. The molecule has 3 rings (SSSR count). The number of benzene rings is 2. The molecular formula is C23H30N2O3. The van der Waals surface area contributed by atoms with Gasteiger partial charge in [0.2, 0.25) is 0 Å². The average Bonchev–Trinajstić information content (AvgIpc) is 2.72. The molecule has 1 aliphatic rings. The SMILES string of the molecule is CC(C)(O)C(C)(C(=O)NO)N1CCC(c2ccc(-c3ccccc3)cc2)CC1. The Morgan fingerprint density at radius 3 is 2.00 bits per heavy atom. The van der Waals surface area contributed by atoms with Crippen molar-refractivity contribution in [2.45, 2.75) is 50.7 Å². The van der Waals surface area contributed by atoms with Crippen LogP contribution in [0.25, 0.3) is 11.1 Å².